The normalized spacial score (nSPS) is 11.0. The van der Waals surface area contributed by atoms with E-state index in [1.54, 1.807) is 53.6 Å². The van der Waals surface area contributed by atoms with Gasteiger partial charge in [0.15, 0.2) is 0 Å². The van der Waals surface area contributed by atoms with E-state index in [1.165, 1.54) is 0 Å². The number of nitrogens with zero attached hydrogens (tertiary/aromatic N) is 4. The van der Waals surface area contributed by atoms with Gasteiger partial charge in [0.25, 0.3) is 5.91 Å². The minimum atomic E-state index is -0.0809. The van der Waals surface area contributed by atoms with Crippen LogP contribution in [0.5, 0.6) is 0 Å². The van der Waals surface area contributed by atoms with Crippen LogP contribution in [0.15, 0.2) is 37.1 Å². The first kappa shape index (κ1) is 19.4. The monoisotopic (exact) mass is 331 g/mol. The predicted molar refractivity (Wildman–Crippen MR) is 86.5 cm³/mol. The van der Waals surface area contributed by atoms with Gasteiger partial charge in [0.05, 0.1) is 5.56 Å². The van der Waals surface area contributed by atoms with E-state index in [1.807, 2.05) is 6.92 Å². The Hall–Kier alpha value is -1.63. The van der Waals surface area contributed by atoms with E-state index in [9.17, 15) is 4.79 Å². The molecule has 8 heteroatoms. The average Bonchev–Trinajstić information content (AvgIpc) is 2.99. The van der Waals surface area contributed by atoms with Crippen molar-refractivity contribution in [2.45, 2.75) is 13.0 Å². The van der Waals surface area contributed by atoms with Crippen LogP contribution in [-0.2, 0) is 0 Å². The predicted octanol–water partition coefficient (Wildman–Crippen LogP) is 1.53. The molecular weight excluding hydrogens is 313 g/mol. The molecule has 1 unspecified atom stereocenters. The highest BCUT2D eigenvalue weighted by atomic mass is 35.5. The Kier molecular flexibility index (Phi) is 7.94. The average molecular weight is 332 g/mol. The van der Waals surface area contributed by atoms with Gasteiger partial charge in [0.2, 0.25) is 0 Å². The highest BCUT2D eigenvalue weighted by Gasteiger charge is 2.16. The van der Waals surface area contributed by atoms with Gasteiger partial charge in [0.1, 0.15) is 12.1 Å². The van der Waals surface area contributed by atoms with Crippen LogP contribution in [0.2, 0.25) is 0 Å². The Morgan fingerprint density at radius 2 is 2.14 bits per heavy atom. The molecule has 1 amide bonds. The zero-order chi connectivity index (χ0) is 13.8. The van der Waals surface area contributed by atoms with E-state index < -0.39 is 0 Å². The van der Waals surface area contributed by atoms with Crippen molar-refractivity contribution in [3.63, 3.8) is 0 Å². The summed E-state index contributed by atoms with van der Waals surface area (Å²) in [6, 6.07) is 3.54. The number of hydrogen-bond donors (Lipinski definition) is 1. The first-order valence-corrected chi connectivity index (χ1v) is 6.05. The van der Waals surface area contributed by atoms with Crippen molar-refractivity contribution in [1.82, 2.24) is 19.4 Å². The number of nitrogens with two attached hydrogens (primary N) is 1. The first-order valence-electron chi connectivity index (χ1n) is 6.05. The molecule has 2 heterocycles. The molecule has 0 saturated carbocycles. The quantitative estimate of drug-likeness (QED) is 0.921. The summed E-state index contributed by atoms with van der Waals surface area (Å²) in [4.78, 5) is 22.0. The van der Waals surface area contributed by atoms with Crippen molar-refractivity contribution in [2.75, 3.05) is 13.6 Å². The molecular formula is C13H19Cl2N5O. The van der Waals surface area contributed by atoms with E-state index in [0.29, 0.717) is 12.1 Å². The molecule has 116 valence electrons. The smallest absolute Gasteiger partial charge is 0.255 e. The maximum absolute atomic E-state index is 12.2. The van der Waals surface area contributed by atoms with Crippen LogP contribution < -0.4 is 5.73 Å². The number of rotatable bonds is 4. The van der Waals surface area contributed by atoms with Crippen LogP contribution in [0, 0.1) is 0 Å². The standard InChI is InChI=1S/C13H17N5O.2ClH/c1-10(7-14)17(2)13(19)11-3-4-12(16-8-11)18-6-5-15-9-18;;/h3-6,8-10H,7,14H2,1-2H3;2*1H. The number of amides is 1. The summed E-state index contributed by atoms with van der Waals surface area (Å²) >= 11 is 0. The summed E-state index contributed by atoms with van der Waals surface area (Å²) in [7, 11) is 1.74. The molecule has 0 fully saturated rings. The van der Waals surface area contributed by atoms with Crippen LogP contribution in [0.4, 0.5) is 0 Å². The summed E-state index contributed by atoms with van der Waals surface area (Å²) in [6.45, 7) is 2.34. The number of aromatic nitrogens is 3. The maximum Gasteiger partial charge on any atom is 0.255 e. The molecule has 6 nitrogen and oxygen atoms in total. The summed E-state index contributed by atoms with van der Waals surface area (Å²) in [5.41, 5.74) is 6.11. The summed E-state index contributed by atoms with van der Waals surface area (Å²) in [6.07, 6.45) is 6.70. The number of hydrogen-bond acceptors (Lipinski definition) is 4. The topological polar surface area (TPSA) is 77.0 Å². The van der Waals surface area contributed by atoms with Crippen LogP contribution in [0.25, 0.3) is 5.82 Å². The lowest BCUT2D eigenvalue weighted by Gasteiger charge is -2.23. The second-order valence-corrected chi connectivity index (χ2v) is 4.38. The molecule has 2 aromatic rings. The fourth-order valence-corrected chi connectivity index (χ4v) is 1.62. The minimum absolute atomic E-state index is 0. The third-order valence-electron chi connectivity index (χ3n) is 3.09. The summed E-state index contributed by atoms with van der Waals surface area (Å²) < 4.78 is 1.78. The Bertz CT molecular complexity index is 544. The molecule has 0 aromatic carbocycles. The van der Waals surface area contributed by atoms with Gasteiger partial charge in [-0.2, -0.15) is 0 Å². The lowest BCUT2D eigenvalue weighted by molar-refractivity contribution is 0.0748. The zero-order valence-corrected chi connectivity index (χ0v) is 13.5. The SMILES string of the molecule is CC(CN)N(C)C(=O)c1ccc(-n2ccnc2)nc1.Cl.Cl. The summed E-state index contributed by atoms with van der Waals surface area (Å²) in [5, 5.41) is 0. The molecule has 2 N–H and O–H groups in total. The van der Waals surface area contributed by atoms with Crippen molar-refractivity contribution in [3.05, 3.63) is 42.6 Å². The van der Waals surface area contributed by atoms with E-state index in [4.69, 9.17) is 5.73 Å². The van der Waals surface area contributed by atoms with Crippen LogP contribution in [0.1, 0.15) is 17.3 Å². The molecule has 2 aromatic heterocycles. The zero-order valence-electron chi connectivity index (χ0n) is 11.8. The van der Waals surface area contributed by atoms with Gasteiger partial charge in [-0.1, -0.05) is 0 Å². The lowest BCUT2D eigenvalue weighted by atomic mass is 10.2. The van der Waals surface area contributed by atoms with E-state index in [2.05, 4.69) is 9.97 Å². The summed E-state index contributed by atoms with van der Waals surface area (Å²) in [5.74, 6) is 0.645. The highest BCUT2D eigenvalue weighted by Crippen LogP contribution is 2.08. The van der Waals surface area contributed by atoms with Crippen molar-refractivity contribution in [3.8, 4) is 5.82 Å². The maximum atomic E-state index is 12.2. The van der Waals surface area contributed by atoms with E-state index in [-0.39, 0.29) is 36.8 Å². The number of halogens is 2. The van der Waals surface area contributed by atoms with Gasteiger partial charge in [-0.15, -0.1) is 24.8 Å². The number of imidazole rings is 1. The third kappa shape index (κ3) is 4.42. The van der Waals surface area contributed by atoms with Gasteiger partial charge in [0, 0.05) is 38.2 Å². The second kappa shape index (κ2) is 8.61. The molecule has 21 heavy (non-hydrogen) atoms. The minimum Gasteiger partial charge on any atom is -0.338 e. The molecule has 2 rings (SSSR count). The highest BCUT2D eigenvalue weighted by molar-refractivity contribution is 5.94. The number of carbonyl (C=O) groups excluding carboxylic acids is 1. The number of pyridine rings is 1. The largest absolute Gasteiger partial charge is 0.338 e. The Labute approximate surface area is 136 Å². The molecule has 0 aliphatic rings. The van der Waals surface area contributed by atoms with E-state index >= 15 is 0 Å². The van der Waals surface area contributed by atoms with Crippen molar-refractivity contribution in [1.29, 1.82) is 0 Å². The molecule has 0 saturated heterocycles. The fraction of sp³-hybridized carbons (Fsp3) is 0.308. The molecule has 0 aliphatic carbocycles. The van der Waals surface area contributed by atoms with Crippen LogP contribution in [0.3, 0.4) is 0 Å². The van der Waals surface area contributed by atoms with Crippen molar-refractivity contribution in [2.24, 2.45) is 5.73 Å². The Morgan fingerprint density at radius 1 is 1.43 bits per heavy atom. The van der Waals surface area contributed by atoms with Gasteiger partial charge in [-0.25, -0.2) is 9.97 Å². The Morgan fingerprint density at radius 3 is 2.62 bits per heavy atom. The van der Waals surface area contributed by atoms with E-state index in [0.717, 1.165) is 5.82 Å². The molecule has 1 atom stereocenters. The van der Waals surface area contributed by atoms with Gasteiger partial charge in [-0.05, 0) is 19.1 Å². The first-order chi connectivity index (χ1) is 9.13. The van der Waals surface area contributed by atoms with Gasteiger partial charge >= 0.3 is 0 Å². The molecule has 0 aliphatic heterocycles. The Balaban J connectivity index is 0.00000200. The molecule has 0 radical (unpaired) electrons. The van der Waals surface area contributed by atoms with Crippen molar-refractivity contribution < 1.29 is 4.79 Å². The third-order valence-corrected chi connectivity index (χ3v) is 3.09. The fourth-order valence-electron chi connectivity index (χ4n) is 1.62. The van der Waals surface area contributed by atoms with Crippen LogP contribution in [-0.4, -0.2) is 45.0 Å². The van der Waals surface area contributed by atoms with Crippen molar-refractivity contribution >= 4 is 30.7 Å². The molecule has 0 spiro atoms. The lowest BCUT2D eigenvalue weighted by Crippen LogP contribution is -2.39. The number of likely N-dealkylation sites (N-methyl/N-ethyl adjacent to an activating group) is 1. The molecule has 0 bridgehead atoms. The van der Waals surface area contributed by atoms with Gasteiger partial charge in [-0.3, -0.25) is 9.36 Å². The number of carbonyl (C=O) groups is 1. The van der Waals surface area contributed by atoms with Gasteiger partial charge < -0.3 is 10.6 Å². The van der Waals surface area contributed by atoms with Crippen LogP contribution >= 0.6 is 24.8 Å². The second-order valence-electron chi connectivity index (χ2n) is 4.38.